The highest BCUT2D eigenvalue weighted by Gasteiger charge is 2.47. The fraction of sp³-hybridized carbons (Fsp3) is 0.409. The molecule has 4 rings (SSSR count). The molecule has 33 heavy (non-hydrogen) atoms. The van der Waals surface area contributed by atoms with Gasteiger partial charge in [-0.15, -0.1) is 0 Å². The average molecular weight is 480 g/mol. The lowest BCUT2D eigenvalue weighted by atomic mass is 9.85. The molecule has 1 aromatic carbocycles. The first-order valence-electron chi connectivity index (χ1n) is 10.1. The van der Waals surface area contributed by atoms with Crippen LogP contribution in [0, 0.1) is 0 Å². The molecule has 0 saturated carbocycles. The summed E-state index contributed by atoms with van der Waals surface area (Å²) in [5.74, 6) is -1.22. The number of fused-ring (bicyclic) bond motifs is 1. The van der Waals surface area contributed by atoms with Gasteiger partial charge in [0.1, 0.15) is 5.75 Å². The summed E-state index contributed by atoms with van der Waals surface area (Å²) in [7, 11) is -3.13. The summed E-state index contributed by atoms with van der Waals surface area (Å²) in [6.07, 6.45) is -0.921. The number of sulfone groups is 1. The molecule has 1 fully saturated rings. The normalized spacial score (nSPS) is 20.1. The molecular formula is C22H23F2N3O5S. The van der Waals surface area contributed by atoms with E-state index in [4.69, 9.17) is 0 Å². The number of aromatic nitrogens is 1. The number of carbonyl (C=O) groups excluding carboxylic acids is 2. The molecule has 3 heterocycles. The third kappa shape index (κ3) is 4.29. The summed E-state index contributed by atoms with van der Waals surface area (Å²) in [5.41, 5.74) is -0.263. The number of pyridine rings is 1. The van der Waals surface area contributed by atoms with Gasteiger partial charge in [0.15, 0.2) is 9.84 Å². The highest BCUT2D eigenvalue weighted by molar-refractivity contribution is 7.93. The molecule has 2 aromatic rings. The summed E-state index contributed by atoms with van der Waals surface area (Å²) in [5, 5.41) is 2.75. The highest BCUT2D eigenvalue weighted by atomic mass is 32.2. The summed E-state index contributed by atoms with van der Waals surface area (Å²) in [4.78, 5) is 31.3. The maximum atomic E-state index is 13.3. The van der Waals surface area contributed by atoms with Crippen LogP contribution in [0.3, 0.4) is 0 Å². The van der Waals surface area contributed by atoms with E-state index in [0.717, 1.165) is 6.20 Å². The quantitative estimate of drug-likeness (QED) is 0.707. The molecular weight excluding hydrogens is 456 g/mol. The Kier molecular flexibility index (Phi) is 5.04. The zero-order chi connectivity index (χ0) is 24.4. The Bertz CT molecular complexity index is 1260. The predicted octanol–water partition coefficient (Wildman–Crippen LogP) is 2.95. The van der Waals surface area contributed by atoms with Crippen LogP contribution in [-0.4, -0.2) is 48.4 Å². The van der Waals surface area contributed by atoms with E-state index in [2.05, 4.69) is 15.0 Å². The van der Waals surface area contributed by atoms with Crippen molar-refractivity contribution < 1.29 is 31.5 Å². The summed E-state index contributed by atoms with van der Waals surface area (Å²) in [6.45, 7) is 5.66. The molecule has 0 bridgehead atoms. The highest BCUT2D eigenvalue weighted by Crippen LogP contribution is 2.46. The molecule has 2 aliphatic rings. The number of amides is 2. The Balaban J connectivity index is 1.66. The van der Waals surface area contributed by atoms with Crippen LogP contribution in [0.2, 0.25) is 0 Å². The van der Waals surface area contributed by atoms with Crippen molar-refractivity contribution >= 4 is 33.0 Å². The van der Waals surface area contributed by atoms with Crippen molar-refractivity contribution in [3.05, 3.63) is 47.8 Å². The van der Waals surface area contributed by atoms with E-state index in [1.54, 1.807) is 32.9 Å². The Morgan fingerprint density at radius 1 is 1.18 bits per heavy atom. The minimum Gasteiger partial charge on any atom is -0.431 e. The molecule has 1 saturated heterocycles. The number of ether oxygens (including phenoxy) is 1. The first-order valence-corrected chi connectivity index (χ1v) is 12.0. The van der Waals surface area contributed by atoms with E-state index in [-0.39, 0.29) is 34.4 Å². The molecule has 0 spiro atoms. The van der Waals surface area contributed by atoms with E-state index in [0.29, 0.717) is 18.2 Å². The second kappa shape index (κ2) is 7.21. The molecule has 8 nitrogen and oxygen atoms in total. The van der Waals surface area contributed by atoms with E-state index >= 15 is 0 Å². The van der Waals surface area contributed by atoms with Gasteiger partial charge >= 0.3 is 6.11 Å². The molecule has 0 aliphatic carbocycles. The fourth-order valence-corrected chi connectivity index (χ4v) is 6.27. The molecule has 0 atom stereocenters. The van der Waals surface area contributed by atoms with Crippen LogP contribution in [0.1, 0.15) is 43.6 Å². The van der Waals surface area contributed by atoms with Gasteiger partial charge in [-0.25, -0.2) is 8.42 Å². The van der Waals surface area contributed by atoms with Gasteiger partial charge in [0.25, 0.3) is 5.91 Å². The van der Waals surface area contributed by atoms with Gasteiger partial charge in [-0.1, -0.05) is 0 Å². The number of hydrogen-bond acceptors (Lipinski definition) is 6. The van der Waals surface area contributed by atoms with Crippen molar-refractivity contribution in [1.82, 2.24) is 10.3 Å². The Morgan fingerprint density at radius 3 is 2.45 bits per heavy atom. The van der Waals surface area contributed by atoms with E-state index in [1.165, 1.54) is 23.2 Å². The van der Waals surface area contributed by atoms with Crippen molar-refractivity contribution in [2.24, 2.45) is 0 Å². The molecule has 2 aliphatic heterocycles. The van der Waals surface area contributed by atoms with Crippen LogP contribution in [-0.2, 0) is 20.0 Å². The van der Waals surface area contributed by atoms with Crippen LogP contribution in [0.15, 0.2) is 36.7 Å². The fourth-order valence-electron chi connectivity index (χ4n) is 4.27. The summed E-state index contributed by atoms with van der Waals surface area (Å²) in [6, 6.07) is 6.01. The number of nitrogens with one attached hydrogen (secondary N) is 1. The van der Waals surface area contributed by atoms with Gasteiger partial charge in [-0.2, -0.15) is 8.78 Å². The van der Waals surface area contributed by atoms with Crippen LogP contribution in [0.25, 0.3) is 0 Å². The first-order chi connectivity index (χ1) is 15.1. The second-order valence-corrected chi connectivity index (χ2v) is 11.4. The molecule has 2 amide bonds. The molecule has 1 N–H and O–H groups in total. The summed E-state index contributed by atoms with van der Waals surface area (Å²) >= 11 is 0. The minimum absolute atomic E-state index is 0.128. The smallest absolute Gasteiger partial charge is 0.394 e. The lowest BCUT2D eigenvalue weighted by Crippen LogP contribution is -2.63. The monoisotopic (exact) mass is 479 g/mol. The SMILES string of the molecule is CC1(NC(=O)c2ccc3c(c2)C(C)(C)C(=O)N3c2cncc(OC(C)(F)F)c2)CS(=O)(=O)C1. The van der Waals surface area contributed by atoms with Gasteiger partial charge in [0.2, 0.25) is 5.91 Å². The topological polar surface area (TPSA) is 106 Å². The number of benzene rings is 1. The number of alkyl halides is 2. The third-order valence-corrected chi connectivity index (χ3v) is 7.81. The lowest BCUT2D eigenvalue weighted by Gasteiger charge is -2.38. The predicted molar refractivity (Wildman–Crippen MR) is 117 cm³/mol. The average Bonchev–Trinajstić information content (AvgIpc) is 2.84. The van der Waals surface area contributed by atoms with Crippen LogP contribution in [0.5, 0.6) is 5.75 Å². The van der Waals surface area contributed by atoms with Gasteiger partial charge in [-0.3, -0.25) is 19.5 Å². The van der Waals surface area contributed by atoms with Crippen LogP contribution >= 0.6 is 0 Å². The zero-order valence-electron chi connectivity index (χ0n) is 18.5. The van der Waals surface area contributed by atoms with Crippen LogP contribution in [0.4, 0.5) is 20.2 Å². The van der Waals surface area contributed by atoms with Crippen molar-refractivity contribution in [2.45, 2.75) is 44.8 Å². The largest absolute Gasteiger partial charge is 0.431 e. The Morgan fingerprint density at radius 2 is 1.85 bits per heavy atom. The van der Waals surface area contributed by atoms with Gasteiger partial charge in [0, 0.05) is 18.6 Å². The lowest BCUT2D eigenvalue weighted by molar-refractivity contribution is -0.159. The number of halogens is 2. The molecule has 0 unspecified atom stereocenters. The van der Waals surface area contributed by atoms with E-state index in [9.17, 15) is 26.8 Å². The molecule has 1 aromatic heterocycles. The van der Waals surface area contributed by atoms with Crippen LogP contribution < -0.4 is 15.0 Å². The molecule has 0 radical (unpaired) electrons. The Labute approximate surface area is 189 Å². The van der Waals surface area contributed by atoms with Gasteiger partial charge < -0.3 is 10.1 Å². The zero-order valence-corrected chi connectivity index (χ0v) is 19.3. The maximum absolute atomic E-state index is 13.3. The number of hydrogen-bond donors (Lipinski definition) is 1. The van der Waals surface area contributed by atoms with E-state index < -0.39 is 32.8 Å². The van der Waals surface area contributed by atoms with Crippen molar-refractivity contribution in [3.63, 3.8) is 0 Å². The third-order valence-electron chi connectivity index (χ3n) is 5.66. The molecule has 176 valence electrons. The number of anilines is 2. The van der Waals surface area contributed by atoms with Gasteiger partial charge in [0.05, 0.1) is 46.2 Å². The first kappa shape index (κ1) is 23.1. The maximum Gasteiger partial charge on any atom is 0.394 e. The minimum atomic E-state index is -3.41. The van der Waals surface area contributed by atoms with Gasteiger partial charge in [-0.05, 0) is 44.5 Å². The standard InChI is InChI=1S/C22H23F2N3O5S/c1-20(2)16-7-13(18(28)26-21(3)11-33(30,31)12-21)5-6-17(16)27(19(20)29)14-8-15(10-25-9-14)32-22(4,23)24/h5-10H,11-12H2,1-4H3,(H,26,28). The molecule has 11 heteroatoms. The number of nitrogens with zero attached hydrogens (tertiary/aromatic N) is 2. The number of carbonyl (C=O) groups is 2. The number of rotatable bonds is 5. The van der Waals surface area contributed by atoms with E-state index in [1.807, 2.05) is 0 Å². The summed E-state index contributed by atoms with van der Waals surface area (Å²) < 4.78 is 54.1. The Hall–Kier alpha value is -3.08. The second-order valence-electron chi connectivity index (χ2n) is 9.33. The van der Waals surface area contributed by atoms with Crippen molar-refractivity contribution in [2.75, 3.05) is 16.4 Å². The van der Waals surface area contributed by atoms with Crippen molar-refractivity contribution in [3.8, 4) is 5.75 Å². The van der Waals surface area contributed by atoms with Crippen molar-refractivity contribution in [1.29, 1.82) is 0 Å².